The zero-order valence-corrected chi connectivity index (χ0v) is 11.1. The third-order valence-corrected chi connectivity index (χ3v) is 3.23. The van der Waals surface area contributed by atoms with Crippen LogP contribution < -0.4 is 0 Å². The molecule has 0 radical (unpaired) electrons. The lowest BCUT2D eigenvalue weighted by Gasteiger charge is -2.26. The molecule has 94 valence electrons. The van der Waals surface area contributed by atoms with E-state index in [-0.39, 0.29) is 0 Å². The molecule has 17 heavy (non-hydrogen) atoms. The Bertz CT molecular complexity index is 370. The van der Waals surface area contributed by atoms with Crippen LogP contribution in [0.5, 0.6) is 0 Å². The molecule has 0 amide bonds. The Hall–Kier alpha value is -0.930. The fourth-order valence-electron chi connectivity index (χ4n) is 2.35. The topological polar surface area (TPSA) is 25.4 Å². The van der Waals surface area contributed by atoms with E-state index in [4.69, 9.17) is 4.74 Å². The van der Waals surface area contributed by atoms with Crippen molar-refractivity contribution in [3.05, 3.63) is 29.1 Å². The Morgan fingerprint density at radius 2 is 2.06 bits per heavy atom. The molecule has 3 heteroatoms. The Labute approximate surface area is 104 Å². The van der Waals surface area contributed by atoms with Gasteiger partial charge in [-0.3, -0.25) is 9.88 Å². The molecule has 0 spiro atoms. The van der Waals surface area contributed by atoms with Crippen LogP contribution in [0.4, 0.5) is 0 Å². The Morgan fingerprint density at radius 3 is 2.65 bits per heavy atom. The molecule has 0 aromatic carbocycles. The molecule has 1 aliphatic heterocycles. The minimum absolute atomic E-state index is 0.507. The van der Waals surface area contributed by atoms with Crippen molar-refractivity contribution in [2.75, 3.05) is 26.3 Å². The van der Waals surface area contributed by atoms with E-state index >= 15 is 0 Å². The summed E-state index contributed by atoms with van der Waals surface area (Å²) >= 11 is 0. The predicted octanol–water partition coefficient (Wildman–Crippen LogP) is 2.35. The molecule has 1 aliphatic rings. The highest BCUT2D eigenvalue weighted by Crippen LogP contribution is 2.18. The van der Waals surface area contributed by atoms with Crippen molar-refractivity contribution < 1.29 is 4.74 Å². The molecule has 1 saturated heterocycles. The molecule has 0 atom stereocenters. The molecule has 3 nitrogen and oxygen atoms in total. The van der Waals surface area contributed by atoms with E-state index in [0.717, 1.165) is 32.8 Å². The van der Waals surface area contributed by atoms with Gasteiger partial charge in [-0.15, -0.1) is 0 Å². The van der Waals surface area contributed by atoms with Crippen molar-refractivity contribution in [3.8, 4) is 0 Å². The predicted molar refractivity (Wildman–Crippen MR) is 69.2 cm³/mol. The number of hydrogen-bond acceptors (Lipinski definition) is 3. The van der Waals surface area contributed by atoms with E-state index in [1.54, 1.807) is 0 Å². The summed E-state index contributed by atoms with van der Waals surface area (Å²) in [4.78, 5) is 7.01. The quantitative estimate of drug-likeness (QED) is 0.802. The average Bonchev–Trinajstić information content (AvgIpc) is 2.30. The van der Waals surface area contributed by atoms with Crippen LogP contribution in [0.25, 0.3) is 0 Å². The zero-order chi connectivity index (χ0) is 12.3. The first-order chi connectivity index (χ1) is 8.16. The molecule has 1 aromatic rings. The smallest absolute Gasteiger partial charge is 0.0594 e. The van der Waals surface area contributed by atoms with Crippen LogP contribution in [-0.2, 0) is 11.3 Å². The minimum atomic E-state index is 0.507. The fourth-order valence-corrected chi connectivity index (χ4v) is 2.35. The lowest BCUT2D eigenvalue weighted by Crippen LogP contribution is -2.35. The largest absolute Gasteiger partial charge is 0.379 e. The van der Waals surface area contributed by atoms with E-state index in [9.17, 15) is 0 Å². The highest BCUT2D eigenvalue weighted by Gasteiger charge is 2.12. The van der Waals surface area contributed by atoms with E-state index in [2.05, 4.69) is 36.7 Å². The monoisotopic (exact) mass is 234 g/mol. The lowest BCUT2D eigenvalue weighted by atomic mass is 10.0. The van der Waals surface area contributed by atoms with Crippen molar-refractivity contribution in [2.24, 2.45) is 0 Å². The molecule has 2 rings (SSSR count). The molecule has 0 N–H and O–H groups in total. The number of morpholine rings is 1. The second kappa shape index (κ2) is 5.61. The number of aryl methyl sites for hydroxylation is 1. The molecular formula is C14H22N2O. The fraction of sp³-hybridized carbons (Fsp3) is 0.643. The van der Waals surface area contributed by atoms with Crippen molar-refractivity contribution >= 4 is 0 Å². The van der Waals surface area contributed by atoms with E-state index in [1.807, 2.05) is 6.20 Å². The molecule has 0 bridgehead atoms. The Morgan fingerprint density at radius 1 is 1.35 bits per heavy atom. The second-order valence-electron chi connectivity index (χ2n) is 5.09. The van der Waals surface area contributed by atoms with Gasteiger partial charge in [-0.05, 0) is 24.0 Å². The van der Waals surface area contributed by atoms with E-state index in [0.29, 0.717) is 5.92 Å². The maximum Gasteiger partial charge on any atom is 0.0594 e. The van der Waals surface area contributed by atoms with E-state index in [1.165, 1.54) is 16.8 Å². The van der Waals surface area contributed by atoms with Gasteiger partial charge in [0.05, 0.1) is 13.2 Å². The molecule has 1 aromatic heterocycles. The summed E-state index contributed by atoms with van der Waals surface area (Å²) in [6.45, 7) is 11.3. The normalized spacial score (nSPS) is 17.6. The highest BCUT2D eigenvalue weighted by atomic mass is 16.5. The summed E-state index contributed by atoms with van der Waals surface area (Å²) in [5, 5.41) is 0. The van der Waals surface area contributed by atoms with E-state index < -0.39 is 0 Å². The van der Waals surface area contributed by atoms with Gasteiger partial charge in [0.1, 0.15) is 0 Å². The number of rotatable bonds is 3. The first-order valence-corrected chi connectivity index (χ1v) is 6.42. The third kappa shape index (κ3) is 3.27. The summed E-state index contributed by atoms with van der Waals surface area (Å²) in [6, 6.07) is 2.28. The summed E-state index contributed by atoms with van der Waals surface area (Å²) in [7, 11) is 0. The summed E-state index contributed by atoms with van der Waals surface area (Å²) < 4.78 is 5.35. The molecule has 2 heterocycles. The zero-order valence-electron chi connectivity index (χ0n) is 11.1. The van der Waals surface area contributed by atoms with Gasteiger partial charge in [-0.25, -0.2) is 0 Å². The van der Waals surface area contributed by atoms with Crippen molar-refractivity contribution in [1.29, 1.82) is 0 Å². The van der Waals surface area contributed by atoms with Crippen molar-refractivity contribution in [3.63, 3.8) is 0 Å². The van der Waals surface area contributed by atoms with Gasteiger partial charge in [-0.2, -0.15) is 0 Å². The molecular weight excluding hydrogens is 212 g/mol. The van der Waals surface area contributed by atoms with Crippen LogP contribution in [0, 0.1) is 6.92 Å². The number of nitrogens with zero attached hydrogens (tertiary/aromatic N) is 2. The maximum atomic E-state index is 5.35. The van der Waals surface area contributed by atoms with Crippen molar-refractivity contribution in [2.45, 2.75) is 33.2 Å². The van der Waals surface area contributed by atoms with Crippen LogP contribution in [0.15, 0.2) is 12.3 Å². The molecule has 0 saturated carbocycles. The molecule has 1 fully saturated rings. The summed E-state index contributed by atoms with van der Waals surface area (Å²) in [5.41, 5.74) is 3.84. The lowest BCUT2D eigenvalue weighted by molar-refractivity contribution is 0.0341. The maximum absolute atomic E-state index is 5.35. The van der Waals surface area contributed by atoms with Gasteiger partial charge in [0.2, 0.25) is 0 Å². The van der Waals surface area contributed by atoms with Gasteiger partial charge in [-0.1, -0.05) is 19.9 Å². The summed E-state index contributed by atoms with van der Waals surface area (Å²) in [5.74, 6) is 0.507. The number of aromatic nitrogens is 1. The number of hydrogen-bond donors (Lipinski definition) is 0. The van der Waals surface area contributed by atoms with Crippen molar-refractivity contribution in [1.82, 2.24) is 9.88 Å². The van der Waals surface area contributed by atoms with Crippen LogP contribution >= 0.6 is 0 Å². The highest BCUT2D eigenvalue weighted by molar-refractivity contribution is 5.26. The standard InChI is InChI=1S/C14H22N2O/c1-11(2)14-12(3)8-13(9-15-14)10-16-4-6-17-7-5-16/h8-9,11H,4-7,10H2,1-3H3. The van der Waals surface area contributed by atoms with Gasteiger partial charge < -0.3 is 4.74 Å². The van der Waals surface area contributed by atoms with Crippen LogP contribution in [0.3, 0.4) is 0 Å². The second-order valence-corrected chi connectivity index (χ2v) is 5.09. The van der Waals surface area contributed by atoms with Gasteiger partial charge in [0.15, 0.2) is 0 Å². The third-order valence-electron chi connectivity index (χ3n) is 3.23. The first kappa shape index (κ1) is 12.5. The molecule has 0 unspecified atom stereocenters. The Kier molecular flexibility index (Phi) is 4.13. The average molecular weight is 234 g/mol. The van der Waals surface area contributed by atoms with Gasteiger partial charge >= 0.3 is 0 Å². The first-order valence-electron chi connectivity index (χ1n) is 6.42. The molecule has 0 aliphatic carbocycles. The van der Waals surface area contributed by atoms with Crippen LogP contribution in [0.1, 0.15) is 36.6 Å². The van der Waals surface area contributed by atoms with Crippen LogP contribution in [-0.4, -0.2) is 36.2 Å². The Balaban J connectivity index is 2.04. The SMILES string of the molecule is Cc1cc(CN2CCOCC2)cnc1C(C)C. The number of ether oxygens (including phenoxy) is 1. The number of pyridine rings is 1. The van der Waals surface area contributed by atoms with Gasteiger partial charge in [0.25, 0.3) is 0 Å². The van der Waals surface area contributed by atoms with Crippen LogP contribution in [0.2, 0.25) is 0 Å². The van der Waals surface area contributed by atoms with Gasteiger partial charge in [0, 0.05) is 31.5 Å². The summed E-state index contributed by atoms with van der Waals surface area (Å²) in [6.07, 6.45) is 2.03. The minimum Gasteiger partial charge on any atom is -0.379 e.